The lowest BCUT2D eigenvalue weighted by Gasteiger charge is -2.31. The van der Waals surface area contributed by atoms with E-state index in [1.807, 2.05) is 18.2 Å². The minimum Gasteiger partial charge on any atom is -0.496 e. The first-order valence-corrected chi connectivity index (χ1v) is 13.2. The van der Waals surface area contributed by atoms with Crippen molar-refractivity contribution in [3.63, 3.8) is 0 Å². The molecule has 2 saturated heterocycles. The average molecular weight is 510 g/mol. The van der Waals surface area contributed by atoms with Gasteiger partial charge in [-0.2, -0.15) is 0 Å². The number of piperidine rings is 1. The van der Waals surface area contributed by atoms with Crippen LogP contribution in [0.15, 0.2) is 24.3 Å². The number of benzene rings is 1. The Bertz CT molecular complexity index is 1210. The van der Waals surface area contributed by atoms with Gasteiger partial charge >= 0.3 is 0 Å². The van der Waals surface area contributed by atoms with E-state index < -0.39 is 18.0 Å². The molecule has 10 heteroatoms. The van der Waals surface area contributed by atoms with Crippen LogP contribution in [0.3, 0.4) is 0 Å². The van der Waals surface area contributed by atoms with E-state index in [0.717, 1.165) is 43.0 Å². The molecule has 5 atom stereocenters. The fraction of sp³-hybridized carbons (Fsp3) is 0.556. The molecule has 3 aliphatic rings. The molecule has 1 saturated carbocycles. The molecule has 1 aliphatic carbocycles. The molecule has 3 heterocycles. The topological polar surface area (TPSA) is 147 Å². The van der Waals surface area contributed by atoms with Gasteiger partial charge in [-0.05, 0) is 62.1 Å². The molecule has 2 aliphatic heterocycles. The van der Waals surface area contributed by atoms with Crippen molar-refractivity contribution in [2.24, 2.45) is 23.5 Å². The SMILES string of the molecule is COc1cccc2[nH]c(C(=O)N3CC4CCCCC4[C@H]3C(=O)NC(CC3CCCNC3=O)C(N)=O)cc12. The molecule has 0 bridgehead atoms. The predicted octanol–water partition coefficient (Wildman–Crippen LogP) is 1.69. The molecule has 37 heavy (non-hydrogen) atoms. The van der Waals surface area contributed by atoms with Gasteiger partial charge in [-0.25, -0.2) is 0 Å². The number of hydrogen-bond acceptors (Lipinski definition) is 5. The maximum Gasteiger partial charge on any atom is 0.271 e. The van der Waals surface area contributed by atoms with Crippen LogP contribution in [-0.2, 0) is 14.4 Å². The van der Waals surface area contributed by atoms with Gasteiger partial charge in [0.15, 0.2) is 0 Å². The van der Waals surface area contributed by atoms with Crippen LogP contribution in [0.25, 0.3) is 10.9 Å². The Balaban J connectivity index is 1.39. The lowest BCUT2D eigenvalue weighted by Crippen LogP contribution is -2.55. The molecule has 10 nitrogen and oxygen atoms in total. The summed E-state index contributed by atoms with van der Waals surface area (Å²) >= 11 is 0. The maximum absolute atomic E-state index is 13.8. The van der Waals surface area contributed by atoms with E-state index in [1.165, 1.54) is 0 Å². The lowest BCUT2D eigenvalue weighted by molar-refractivity contribution is -0.133. The summed E-state index contributed by atoms with van der Waals surface area (Å²) in [6.07, 6.45) is 5.50. The van der Waals surface area contributed by atoms with Crippen LogP contribution in [0.1, 0.15) is 55.4 Å². The number of ether oxygens (including phenoxy) is 1. The zero-order valence-corrected chi connectivity index (χ0v) is 21.1. The van der Waals surface area contributed by atoms with Gasteiger partial charge in [0, 0.05) is 29.9 Å². The van der Waals surface area contributed by atoms with Gasteiger partial charge in [-0.1, -0.05) is 18.9 Å². The molecule has 1 aromatic carbocycles. The van der Waals surface area contributed by atoms with E-state index in [4.69, 9.17) is 10.5 Å². The third kappa shape index (κ3) is 4.89. The summed E-state index contributed by atoms with van der Waals surface area (Å²) in [7, 11) is 1.58. The molecule has 2 aromatic rings. The van der Waals surface area contributed by atoms with Crippen molar-refractivity contribution >= 4 is 34.5 Å². The smallest absolute Gasteiger partial charge is 0.271 e. The summed E-state index contributed by atoms with van der Waals surface area (Å²) in [5, 5.41) is 6.43. The Morgan fingerprint density at radius 3 is 2.76 bits per heavy atom. The number of likely N-dealkylation sites (tertiary alicyclic amines) is 1. The first-order chi connectivity index (χ1) is 17.9. The van der Waals surface area contributed by atoms with Gasteiger partial charge in [0.25, 0.3) is 5.91 Å². The minimum absolute atomic E-state index is 0.0168. The molecule has 4 amide bonds. The van der Waals surface area contributed by atoms with Gasteiger partial charge in [0.05, 0.1) is 7.11 Å². The van der Waals surface area contributed by atoms with Crippen molar-refractivity contribution in [1.29, 1.82) is 0 Å². The molecule has 1 aromatic heterocycles. The highest BCUT2D eigenvalue weighted by atomic mass is 16.5. The maximum atomic E-state index is 13.8. The number of amides is 4. The largest absolute Gasteiger partial charge is 0.496 e. The van der Waals surface area contributed by atoms with Crippen molar-refractivity contribution in [2.45, 2.75) is 57.0 Å². The van der Waals surface area contributed by atoms with E-state index >= 15 is 0 Å². The first-order valence-electron chi connectivity index (χ1n) is 13.2. The molecular weight excluding hydrogens is 474 g/mol. The fourth-order valence-electron chi connectivity index (χ4n) is 6.44. The quantitative estimate of drug-likeness (QED) is 0.449. The van der Waals surface area contributed by atoms with Crippen LogP contribution < -0.4 is 21.1 Å². The van der Waals surface area contributed by atoms with Crippen LogP contribution in [0.2, 0.25) is 0 Å². The highest BCUT2D eigenvalue weighted by Gasteiger charge is 2.49. The average Bonchev–Trinajstić information content (AvgIpc) is 3.51. The summed E-state index contributed by atoms with van der Waals surface area (Å²) < 4.78 is 5.44. The number of primary amides is 1. The van der Waals surface area contributed by atoms with Crippen molar-refractivity contribution in [3.8, 4) is 5.75 Å². The number of aromatic nitrogens is 1. The highest BCUT2D eigenvalue weighted by molar-refractivity contribution is 6.02. The van der Waals surface area contributed by atoms with Gasteiger partial charge in [0.1, 0.15) is 23.5 Å². The highest BCUT2D eigenvalue weighted by Crippen LogP contribution is 2.41. The van der Waals surface area contributed by atoms with Crippen LogP contribution in [0.4, 0.5) is 0 Å². The van der Waals surface area contributed by atoms with Crippen LogP contribution >= 0.6 is 0 Å². The summed E-state index contributed by atoms with van der Waals surface area (Å²) in [5.41, 5.74) is 6.82. The molecule has 198 valence electrons. The number of nitrogens with zero attached hydrogens (tertiary/aromatic N) is 1. The molecule has 3 fully saturated rings. The van der Waals surface area contributed by atoms with Gasteiger partial charge in [0.2, 0.25) is 17.7 Å². The minimum atomic E-state index is -0.974. The number of hydrogen-bond donors (Lipinski definition) is 4. The van der Waals surface area contributed by atoms with E-state index in [-0.39, 0.29) is 41.9 Å². The van der Waals surface area contributed by atoms with Crippen LogP contribution in [0, 0.1) is 17.8 Å². The summed E-state index contributed by atoms with van der Waals surface area (Å²) in [6.45, 7) is 1.10. The third-order valence-electron chi connectivity index (χ3n) is 8.32. The van der Waals surface area contributed by atoms with Gasteiger partial charge < -0.3 is 31.0 Å². The van der Waals surface area contributed by atoms with Crippen molar-refractivity contribution < 1.29 is 23.9 Å². The van der Waals surface area contributed by atoms with Gasteiger partial charge in [-0.3, -0.25) is 19.2 Å². The Labute approximate surface area is 215 Å². The van der Waals surface area contributed by atoms with Crippen molar-refractivity contribution in [3.05, 3.63) is 30.0 Å². The number of nitrogens with two attached hydrogens (primary N) is 1. The number of aromatic amines is 1. The molecule has 0 spiro atoms. The summed E-state index contributed by atoms with van der Waals surface area (Å²) in [6, 6.07) is 5.65. The normalized spacial score (nSPS) is 26.3. The number of nitrogens with one attached hydrogen (secondary N) is 3. The third-order valence-corrected chi connectivity index (χ3v) is 8.32. The van der Waals surface area contributed by atoms with E-state index in [2.05, 4.69) is 15.6 Å². The van der Waals surface area contributed by atoms with Crippen LogP contribution in [-0.4, -0.2) is 65.8 Å². The second-order valence-electron chi connectivity index (χ2n) is 10.5. The molecule has 5 N–H and O–H groups in total. The standard InChI is InChI=1S/C27H35N5O5/c1-37-22-10-4-9-19-18(22)13-21(30-19)27(36)32-14-16-6-2-3-8-17(16)23(32)26(35)31-20(24(28)33)12-15-7-5-11-29-25(15)34/h4,9-10,13,15-17,20,23,30H,2-3,5-8,11-12,14H2,1H3,(H2,28,33)(H,29,34)(H,31,35)/t15?,16?,17?,20?,23-/m0/s1. The van der Waals surface area contributed by atoms with E-state index in [1.54, 1.807) is 18.1 Å². The predicted molar refractivity (Wildman–Crippen MR) is 137 cm³/mol. The van der Waals surface area contributed by atoms with Crippen molar-refractivity contribution in [1.82, 2.24) is 20.5 Å². The number of carbonyl (C=O) groups excluding carboxylic acids is 4. The second-order valence-corrected chi connectivity index (χ2v) is 10.5. The molecule has 4 unspecified atom stereocenters. The van der Waals surface area contributed by atoms with Crippen LogP contribution in [0.5, 0.6) is 5.75 Å². The summed E-state index contributed by atoms with van der Waals surface area (Å²) in [5.74, 6) is -0.903. The van der Waals surface area contributed by atoms with Gasteiger partial charge in [-0.15, -0.1) is 0 Å². The van der Waals surface area contributed by atoms with E-state index in [0.29, 0.717) is 31.0 Å². The number of fused-ring (bicyclic) bond motifs is 2. The fourth-order valence-corrected chi connectivity index (χ4v) is 6.44. The number of H-pyrrole nitrogens is 1. The van der Waals surface area contributed by atoms with Crippen molar-refractivity contribution in [2.75, 3.05) is 20.2 Å². The molecular formula is C27H35N5O5. The Hall–Kier alpha value is -3.56. The van der Waals surface area contributed by atoms with E-state index in [9.17, 15) is 19.2 Å². The zero-order chi connectivity index (χ0) is 26.1. The first kappa shape index (κ1) is 25.1. The zero-order valence-electron chi connectivity index (χ0n) is 21.1. The Kier molecular flexibility index (Phi) is 7.08. The number of carbonyl (C=O) groups is 4. The molecule has 0 radical (unpaired) electrons. The second kappa shape index (κ2) is 10.4. The Morgan fingerprint density at radius 2 is 2.00 bits per heavy atom. The monoisotopic (exact) mass is 509 g/mol. The number of rotatable bonds is 7. The number of methoxy groups -OCH3 is 1. The Morgan fingerprint density at radius 1 is 1.19 bits per heavy atom. The molecule has 5 rings (SSSR count). The lowest BCUT2D eigenvalue weighted by atomic mass is 9.78. The summed E-state index contributed by atoms with van der Waals surface area (Å²) in [4.78, 5) is 56.9.